The molecule has 0 saturated heterocycles. The smallest absolute Gasteiger partial charge is 0.352 e. The standard InChI is InChI=1S/C15H18O4/c1-10-6-7-12(11-4-2-3-5-11)8-13(10)19-14(9-16)15(17)18/h6-9,11,14H,2-5H2,1H3,(H,17,18). The summed E-state index contributed by atoms with van der Waals surface area (Å²) in [6, 6.07) is 5.87. The monoisotopic (exact) mass is 262 g/mol. The van der Waals surface area contributed by atoms with Crippen molar-refractivity contribution < 1.29 is 19.4 Å². The van der Waals surface area contributed by atoms with E-state index in [1.54, 1.807) is 0 Å². The number of rotatable bonds is 5. The lowest BCUT2D eigenvalue weighted by Gasteiger charge is -2.15. The molecule has 1 N–H and O–H groups in total. The quantitative estimate of drug-likeness (QED) is 0.654. The predicted molar refractivity (Wildman–Crippen MR) is 70.5 cm³/mol. The topological polar surface area (TPSA) is 63.6 Å². The Bertz CT molecular complexity index is 475. The maximum absolute atomic E-state index is 10.8. The van der Waals surface area contributed by atoms with Crippen LogP contribution in [0.1, 0.15) is 42.7 Å². The highest BCUT2D eigenvalue weighted by Gasteiger charge is 2.21. The zero-order valence-corrected chi connectivity index (χ0v) is 11.0. The lowest BCUT2D eigenvalue weighted by atomic mass is 9.96. The molecule has 1 aromatic rings. The highest BCUT2D eigenvalue weighted by Crippen LogP contribution is 2.36. The van der Waals surface area contributed by atoms with Crippen molar-refractivity contribution in [2.45, 2.75) is 44.6 Å². The second kappa shape index (κ2) is 5.87. The molecule has 1 atom stereocenters. The highest BCUT2D eigenvalue weighted by molar-refractivity contribution is 5.89. The minimum Gasteiger partial charge on any atom is -0.478 e. The summed E-state index contributed by atoms with van der Waals surface area (Å²) in [6.45, 7) is 1.84. The molecule has 1 unspecified atom stereocenters. The van der Waals surface area contributed by atoms with Crippen LogP contribution in [0.15, 0.2) is 18.2 Å². The van der Waals surface area contributed by atoms with Crippen LogP contribution < -0.4 is 4.74 Å². The van der Waals surface area contributed by atoms with Crippen LogP contribution in [0.5, 0.6) is 5.75 Å². The summed E-state index contributed by atoms with van der Waals surface area (Å²) in [4.78, 5) is 21.5. The fourth-order valence-electron chi connectivity index (χ4n) is 2.53. The number of carboxylic acid groups (broad SMARTS) is 1. The molecular weight excluding hydrogens is 244 g/mol. The Labute approximate surface area is 112 Å². The molecule has 1 saturated carbocycles. The van der Waals surface area contributed by atoms with Gasteiger partial charge in [0.25, 0.3) is 0 Å². The van der Waals surface area contributed by atoms with Crippen LogP contribution in [-0.4, -0.2) is 23.5 Å². The molecule has 0 spiro atoms. The van der Waals surface area contributed by atoms with Gasteiger partial charge in [0.1, 0.15) is 5.75 Å². The lowest BCUT2D eigenvalue weighted by molar-refractivity contribution is -0.147. The van der Waals surface area contributed by atoms with Crippen molar-refractivity contribution in [3.05, 3.63) is 29.3 Å². The van der Waals surface area contributed by atoms with E-state index in [0.717, 1.165) is 5.56 Å². The van der Waals surface area contributed by atoms with Crippen LogP contribution in [-0.2, 0) is 9.59 Å². The Morgan fingerprint density at radius 3 is 2.68 bits per heavy atom. The summed E-state index contributed by atoms with van der Waals surface area (Å²) >= 11 is 0. The number of ether oxygens (including phenoxy) is 1. The van der Waals surface area contributed by atoms with E-state index in [1.165, 1.54) is 31.2 Å². The zero-order chi connectivity index (χ0) is 13.8. The molecule has 0 heterocycles. The molecule has 4 heteroatoms. The first-order valence-corrected chi connectivity index (χ1v) is 6.57. The molecule has 19 heavy (non-hydrogen) atoms. The molecule has 0 aliphatic heterocycles. The predicted octanol–water partition coefficient (Wildman–Crippen LogP) is 2.68. The van der Waals surface area contributed by atoms with E-state index in [-0.39, 0.29) is 0 Å². The number of carbonyl (C=O) groups excluding carboxylic acids is 1. The fourth-order valence-corrected chi connectivity index (χ4v) is 2.53. The molecule has 4 nitrogen and oxygen atoms in total. The summed E-state index contributed by atoms with van der Waals surface area (Å²) in [5.41, 5.74) is 2.02. The van der Waals surface area contributed by atoms with Crippen LogP contribution in [0.2, 0.25) is 0 Å². The Morgan fingerprint density at radius 2 is 2.11 bits per heavy atom. The molecule has 1 aliphatic rings. The third kappa shape index (κ3) is 3.13. The van der Waals surface area contributed by atoms with E-state index in [2.05, 4.69) is 6.07 Å². The number of aryl methyl sites for hydroxylation is 1. The van der Waals surface area contributed by atoms with Gasteiger partial charge in [-0.25, -0.2) is 4.79 Å². The molecule has 1 aliphatic carbocycles. The van der Waals surface area contributed by atoms with Crippen molar-refractivity contribution in [1.82, 2.24) is 0 Å². The zero-order valence-electron chi connectivity index (χ0n) is 11.0. The maximum Gasteiger partial charge on any atom is 0.352 e. The summed E-state index contributed by atoms with van der Waals surface area (Å²) in [5, 5.41) is 8.85. The minimum absolute atomic E-state index is 0.310. The second-order valence-corrected chi connectivity index (χ2v) is 5.02. The van der Waals surface area contributed by atoms with Gasteiger partial charge in [0.05, 0.1) is 0 Å². The van der Waals surface area contributed by atoms with Crippen LogP contribution in [0, 0.1) is 6.92 Å². The minimum atomic E-state index is -1.43. The third-order valence-corrected chi connectivity index (χ3v) is 3.66. The van der Waals surface area contributed by atoms with Crippen molar-refractivity contribution >= 4 is 12.3 Å². The number of benzene rings is 1. The van der Waals surface area contributed by atoms with Gasteiger partial charge in [0.15, 0.2) is 6.29 Å². The van der Waals surface area contributed by atoms with Gasteiger partial charge in [-0.3, -0.25) is 4.79 Å². The second-order valence-electron chi connectivity index (χ2n) is 5.02. The largest absolute Gasteiger partial charge is 0.478 e. The van der Waals surface area contributed by atoms with Gasteiger partial charge in [0, 0.05) is 0 Å². The van der Waals surface area contributed by atoms with Gasteiger partial charge >= 0.3 is 5.97 Å². The van der Waals surface area contributed by atoms with Crippen LogP contribution >= 0.6 is 0 Å². The normalized spacial score (nSPS) is 17.1. The number of hydrogen-bond acceptors (Lipinski definition) is 3. The van der Waals surface area contributed by atoms with Crippen molar-refractivity contribution in [3.8, 4) is 5.75 Å². The van der Waals surface area contributed by atoms with Crippen LogP contribution in [0.25, 0.3) is 0 Å². The van der Waals surface area contributed by atoms with Crippen molar-refractivity contribution in [2.24, 2.45) is 0 Å². The number of hydrogen-bond donors (Lipinski definition) is 1. The molecular formula is C15H18O4. The van der Waals surface area contributed by atoms with E-state index in [1.807, 2.05) is 19.1 Å². The first-order chi connectivity index (χ1) is 9.11. The average Bonchev–Trinajstić information content (AvgIpc) is 2.91. The summed E-state index contributed by atoms with van der Waals surface area (Å²) in [5.74, 6) is -0.243. The van der Waals surface area contributed by atoms with Crippen molar-refractivity contribution in [1.29, 1.82) is 0 Å². The van der Waals surface area contributed by atoms with Crippen LogP contribution in [0.3, 0.4) is 0 Å². The molecule has 1 aromatic carbocycles. The molecule has 0 bridgehead atoms. The van der Waals surface area contributed by atoms with E-state index in [9.17, 15) is 9.59 Å². The van der Waals surface area contributed by atoms with Gasteiger partial charge in [-0.15, -0.1) is 0 Å². The number of carbonyl (C=O) groups is 2. The van der Waals surface area contributed by atoms with Crippen molar-refractivity contribution in [3.63, 3.8) is 0 Å². The summed E-state index contributed by atoms with van der Waals surface area (Å²) in [6.07, 6.45) is 3.68. The Morgan fingerprint density at radius 1 is 1.42 bits per heavy atom. The molecule has 102 valence electrons. The number of carboxylic acids is 1. The van der Waals surface area contributed by atoms with Crippen LogP contribution in [0.4, 0.5) is 0 Å². The first-order valence-electron chi connectivity index (χ1n) is 6.57. The summed E-state index contributed by atoms with van der Waals surface area (Å²) in [7, 11) is 0. The molecule has 0 radical (unpaired) electrons. The van der Waals surface area contributed by atoms with Gasteiger partial charge in [0.2, 0.25) is 6.10 Å². The van der Waals surface area contributed by atoms with E-state index in [0.29, 0.717) is 18.0 Å². The average molecular weight is 262 g/mol. The Kier molecular flexibility index (Phi) is 4.20. The first kappa shape index (κ1) is 13.6. The SMILES string of the molecule is Cc1ccc(C2CCCC2)cc1OC(C=O)C(=O)O. The number of aliphatic carboxylic acids is 1. The number of aldehydes is 1. The van der Waals surface area contributed by atoms with Gasteiger partial charge in [-0.2, -0.15) is 0 Å². The highest BCUT2D eigenvalue weighted by atomic mass is 16.5. The van der Waals surface area contributed by atoms with Gasteiger partial charge in [-0.05, 0) is 42.9 Å². The fraction of sp³-hybridized carbons (Fsp3) is 0.467. The van der Waals surface area contributed by atoms with E-state index >= 15 is 0 Å². The molecule has 2 rings (SSSR count). The van der Waals surface area contributed by atoms with Gasteiger partial charge in [-0.1, -0.05) is 25.0 Å². The molecule has 0 aromatic heterocycles. The van der Waals surface area contributed by atoms with E-state index < -0.39 is 12.1 Å². The van der Waals surface area contributed by atoms with Gasteiger partial charge < -0.3 is 9.84 Å². The van der Waals surface area contributed by atoms with E-state index in [4.69, 9.17) is 9.84 Å². The third-order valence-electron chi connectivity index (χ3n) is 3.66. The summed E-state index contributed by atoms with van der Waals surface area (Å²) < 4.78 is 5.29. The van der Waals surface area contributed by atoms with Crippen molar-refractivity contribution in [2.75, 3.05) is 0 Å². The Balaban J connectivity index is 2.21. The molecule has 0 amide bonds. The molecule has 1 fully saturated rings. The lowest BCUT2D eigenvalue weighted by Crippen LogP contribution is -2.28. The maximum atomic E-state index is 10.8. The Hall–Kier alpha value is -1.84.